The van der Waals surface area contributed by atoms with Crippen molar-refractivity contribution in [2.75, 3.05) is 12.8 Å². The molecule has 0 radical (unpaired) electrons. The third kappa shape index (κ3) is 1.74. The number of hydrogen-bond acceptors (Lipinski definition) is 3. The minimum Gasteiger partial charge on any atom is -0.497 e. The van der Waals surface area contributed by atoms with Gasteiger partial charge in [-0.1, -0.05) is 0 Å². The Hall–Kier alpha value is -1.97. The van der Waals surface area contributed by atoms with Crippen molar-refractivity contribution in [3.63, 3.8) is 0 Å². The Bertz CT molecular complexity index is 517. The van der Waals surface area contributed by atoms with Gasteiger partial charge < -0.3 is 10.5 Å². The fraction of sp³-hybridized carbons (Fsp3) is 0.250. The molecule has 0 aliphatic heterocycles. The van der Waals surface area contributed by atoms with Crippen molar-refractivity contribution in [3.8, 4) is 11.4 Å². The van der Waals surface area contributed by atoms with Crippen LogP contribution in [0.2, 0.25) is 0 Å². The molecule has 0 unspecified atom stereocenters. The van der Waals surface area contributed by atoms with E-state index in [1.807, 2.05) is 36.7 Å². The van der Waals surface area contributed by atoms with Gasteiger partial charge >= 0.3 is 0 Å². The maximum absolute atomic E-state index is 5.97. The number of nitrogens with zero attached hydrogens (tertiary/aromatic N) is 2. The molecule has 16 heavy (non-hydrogen) atoms. The number of aromatic nitrogens is 2. The van der Waals surface area contributed by atoms with Crippen LogP contribution in [0, 0.1) is 13.8 Å². The van der Waals surface area contributed by atoms with Gasteiger partial charge in [-0.2, -0.15) is 5.10 Å². The lowest BCUT2D eigenvalue weighted by molar-refractivity contribution is 0.415. The molecule has 2 rings (SSSR count). The van der Waals surface area contributed by atoms with Crippen LogP contribution in [0.25, 0.3) is 5.69 Å². The van der Waals surface area contributed by atoms with Crippen molar-refractivity contribution in [3.05, 3.63) is 35.7 Å². The van der Waals surface area contributed by atoms with Gasteiger partial charge in [0.05, 0.1) is 24.2 Å². The largest absolute Gasteiger partial charge is 0.497 e. The topological polar surface area (TPSA) is 53.1 Å². The second-order valence-corrected chi connectivity index (χ2v) is 3.76. The quantitative estimate of drug-likeness (QED) is 0.783. The third-order valence-electron chi connectivity index (χ3n) is 2.47. The SMILES string of the molecule is COc1ccc(-n2nc(C)cc2C)c(N)c1. The van der Waals surface area contributed by atoms with Crippen LogP contribution in [0.4, 0.5) is 5.69 Å². The first-order valence-electron chi connectivity index (χ1n) is 5.09. The fourth-order valence-corrected chi connectivity index (χ4v) is 1.73. The van der Waals surface area contributed by atoms with E-state index < -0.39 is 0 Å². The molecule has 0 saturated carbocycles. The summed E-state index contributed by atoms with van der Waals surface area (Å²) in [4.78, 5) is 0. The molecule has 4 heteroatoms. The summed E-state index contributed by atoms with van der Waals surface area (Å²) in [6.07, 6.45) is 0. The highest BCUT2D eigenvalue weighted by molar-refractivity contribution is 5.60. The van der Waals surface area contributed by atoms with Gasteiger partial charge in [0.15, 0.2) is 0 Å². The van der Waals surface area contributed by atoms with Crippen LogP contribution in [0.3, 0.4) is 0 Å². The zero-order chi connectivity index (χ0) is 11.7. The van der Waals surface area contributed by atoms with E-state index in [2.05, 4.69) is 5.10 Å². The molecule has 84 valence electrons. The molecule has 0 fully saturated rings. The number of rotatable bonds is 2. The Labute approximate surface area is 94.6 Å². The zero-order valence-corrected chi connectivity index (χ0v) is 9.69. The van der Waals surface area contributed by atoms with Crippen LogP contribution in [0.15, 0.2) is 24.3 Å². The molecule has 0 bridgehead atoms. The minimum absolute atomic E-state index is 0.658. The number of nitrogen functional groups attached to an aromatic ring is 1. The van der Waals surface area contributed by atoms with Gasteiger partial charge in [-0.05, 0) is 32.0 Å². The Morgan fingerprint density at radius 1 is 1.25 bits per heavy atom. The van der Waals surface area contributed by atoms with E-state index in [9.17, 15) is 0 Å². The minimum atomic E-state index is 0.658. The van der Waals surface area contributed by atoms with Gasteiger partial charge in [0.25, 0.3) is 0 Å². The van der Waals surface area contributed by atoms with E-state index in [1.54, 1.807) is 13.2 Å². The van der Waals surface area contributed by atoms with Crippen molar-refractivity contribution in [1.29, 1.82) is 0 Å². The molecule has 0 amide bonds. The number of aryl methyl sites for hydroxylation is 2. The van der Waals surface area contributed by atoms with E-state index in [1.165, 1.54) is 0 Å². The summed E-state index contributed by atoms with van der Waals surface area (Å²) in [7, 11) is 1.62. The number of anilines is 1. The van der Waals surface area contributed by atoms with E-state index >= 15 is 0 Å². The molecule has 0 saturated heterocycles. The van der Waals surface area contributed by atoms with Crippen molar-refractivity contribution >= 4 is 5.69 Å². The smallest absolute Gasteiger partial charge is 0.121 e. The van der Waals surface area contributed by atoms with Crippen LogP contribution in [-0.4, -0.2) is 16.9 Å². The van der Waals surface area contributed by atoms with Crippen LogP contribution in [0.5, 0.6) is 5.75 Å². The predicted molar refractivity (Wildman–Crippen MR) is 64.0 cm³/mol. The molecular weight excluding hydrogens is 202 g/mol. The van der Waals surface area contributed by atoms with Gasteiger partial charge in [-0.3, -0.25) is 0 Å². The highest BCUT2D eigenvalue weighted by Crippen LogP contribution is 2.23. The average Bonchev–Trinajstić information content (AvgIpc) is 2.57. The van der Waals surface area contributed by atoms with Crippen LogP contribution >= 0.6 is 0 Å². The Morgan fingerprint density at radius 2 is 2.00 bits per heavy atom. The first kappa shape index (κ1) is 10.5. The highest BCUT2D eigenvalue weighted by atomic mass is 16.5. The van der Waals surface area contributed by atoms with Crippen LogP contribution in [0.1, 0.15) is 11.4 Å². The molecule has 0 aliphatic carbocycles. The van der Waals surface area contributed by atoms with Crippen LogP contribution in [-0.2, 0) is 0 Å². The molecule has 1 aromatic carbocycles. The normalized spacial score (nSPS) is 10.4. The number of hydrogen-bond donors (Lipinski definition) is 1. The summed E-state index contributed by atoms with van der Waals surface area (Å²) in [6, 6.07) is 7.60. The van der Waals surface area contributed by atoms with Gasteiger partial charge in [0.2, 0.25) is 0 Å². The summed E-state index contributed by atoms with van der Waals surface area (Å²) in [5, 5.41) is 4.39. The van der Waals surface area contributed by atoms with Gasteiger partial charge in [-0.15, -0.1) is 0 Å². The van der Waals surface area contributed by atoms with Crippen molar-refractivity contribution in [2.24, 2.45) is 0 Å². The second-order valence-electron chi connectivity index (χ2n) is 3.76. The lowest BCUT2D eigenvalue weighted by atomic mass is 10.2. The molecule has 0 aliphatic rings. The van der Waals surface area contributed by atoms with E-state index in [-0.39, 0.29) is 0 Å². The van der Waals surface area contributed by atoms with Gasteiger partial charge in [-0.25, -0.2) is 4.68 Å². The monoisotopic (exact) mass is 217 g/mol. The van der Waals surface area contributed by atoms with E-state index in [4.69, 9.17) is 10.5 Å². The predicted octanol–water partition coefficient (Wildman–Crippen LogP) is 2.08. The zero-order valence-electron chi connectivity index (χ0n) is 9.69. The maximum Gasteiger partial charge on any atom is 0.121 e. The first-order chi connectivity index (χ1) is 7.61. The van der Waals surface area contributed by atoms with Crippen molar-refractivity contribution < 1.29 is 4.74 Å². The number of nitrogens with two attached hydrogens (primary N) is 1. The lowest BCUT2D eigenvalue weighted by Gasteiger charge is -2.09. The van der Waals surface area contributed by atoms with E-state index in [0.717, 1.165) is 22.8 Å². The summed E-state index contributed by atoms with van der Waals surface area (Å²) in [5.74, 6) is 0.753. The van der Waals surface area contributed by atoms with E-state index in [0.29, 0.717) is 5.69 Å². The van der Waals surface area contributed by atoms with Crippen molar-refractivity contribution in [1.82, 2.24) is 9.78 Å². The lowest BCUT2D eigenvalue weighted by Crippen LogP contribution is -2.03. The molecule has 2 N–H and O–H groups in total. The summed E-state index contributed by atoms with van der Waals surface area (Å²) in [6.45, 7) is 3.97. The number of methoxy groups -OCH3 is 1. The van der Waals surface area contributed by atoms with Crippen molar-refractivity contribution in [2.45, 2.75) is 13.8 Å². The molecule has 2 aromatic rings. The molecule has 4 nitrogen and oxygen atoms in total. The Morgan fingerprint density at radius 3 is 2.50 bits per heavy atom. The second kappa shape index (κ2) is 3.89. The number of benzene rings is 1. The summed E-state index contributed by atoms with van der Waals surface area (Å²) >= 11 is 0. The highest BCUT2D eigenvalue weighted by Gasteiger charge is 2.07. The van der Waals surface area contributed by atoms with Gasteiger partial charge in [0, 0.05) is 11.8 Å². The third-order valence-corrected chi connectivity index (χ3v) is 2.47. The maximum atomic E-state index is 5.97. The average molecular weight is 217 g/mol. The first-order valence-corrected chi connectivity index (χ1v) is 5.09. The van der Waals surface area contributed by atoms with Crippen LogP contribution < -0.4 is 10.5 Å². The number of ether oxygens (including phenoxy) is 1. The Balaban J connectivity index is 2.52. The molecule has 1 heterocycles. The molecule has 0 atom stereocenters. The standard InChI is InChI=1S/C12H15N3O/c1-8-6-9(2)15(14-8)12-5-4-10(16-3)7-11(12)13/h4-7H,13H2,1-3H3. The molecule has 1 aromatic heterocycles. The molecular formula is C12H15N3O. The molecule has 0 spiro atoms. The summed E-state index contributed by atoms with van der Waals surface area (Å²) in [5.41, 5.74) is 9.55. The van der Waals surface area contributed by atoms with Gasteiger partial charge in [0.1, 0.15) is 5.75 Å². The fourth-order valence-electron chi connectivity index (χ4n) is 1.73. The Kier molecular flexibility index (Phi) is 2.56. The summed E-state index contributed by atoms with van der Waals surface area (Å²) < 4.78 is 6.95.